The van der Waals surface area contributed by atoms with E-state index in [0.29, 0.717) is 25.6 Å². The maximum Gasteiger partial charge on any atom is 0.407 e. The number of carbonyl (C=O) groups excluding carboxylic acids is 1. The summed E-state index contributed by atoms with van der Waals surface area (Å²) in [5, 5.41) is 17.5. The van der Waals surface area contributed by atoms with Crippen LogP contribution in [0.2, 0.25) is 0 Å². The Morgan fingerprint density at radius 2 is 1.89 bits per heavy atom. The van der Waals surface area contributed by atoms with Gasteiger partial charge in [-0.2, -0.15) is 0 Å². The number of carbonyl (C=O) groups is 1. The van der Waals surface area contributed by atoms with Crippen molar-refractivity contribution in [2.24, 2.45) is 4.99 Å². The third-order valence-corrected chi connectivity index (χ3v) is 3.56. The molecule has 148 valence electrons. The topological polar surface area (TPSA) is 105 Å². The Morgan fingerprint density at radius 1 is 1.15 bits per heavy atom. The Labute approximate surface area is 159 Å². The zero-order valence-electron chi connectivity index (χ0n) is 16.5. The molecule has 3 N–H and O–H groups in total. The molecule has 9 nitrogen and oxygen atoms in total. The molecular formula is C18H29N7O2. The first-order valence-corrected chi connectivity index (χ1v) is 9.09. The molecule has 2 heterocycles. The number of aliphatic imine (C=N–C) groups is 1. The van der Waals surface area contributed by atoms with Crippen molar-refractivity contribution >= 4 is 17.7 Å². The number of fused-ring (bicyclic) bond motifs is 1. The number of alkyl carbamates (subject to hydrolysis) is 1. The van der Waals surface area contributed by atoms with E-state index in [4.69, 9.17) is 4.74 Å². The summed E-state index contributed by atoms with van der Waals surface area (Å²) >= 11 is 0. The van der Waals surface area contributed by atoms with Gasteiger partial charge < -0.3 is 20.7 Å². The largest absolute Gasteiger partial charge is 0.444 e. The van der Waals surface area contributed by atoms with Crippen molar-refractivity contribution in [3.05, 3.63) is 30.2 Å². The Kier molecular flexibility index (Phi) is 7.39. The van der Waals surface area contributed by atoms with Gasteiger partial charge >= 0.3 is 6.09 Å². The van der Waals surface area contributed by atoms with E-state index in [1.165, 1.54) is 0 Å². The van der Waals surface area contributed by atoms with Crippen LogP contribution < -0.4 is 16.0 Å². The molecular weight excluding hydrogens is 346 g/mol. The van der Waals surface area contributed by atoms with Crippen LogP contribution in [-0.2, 0) is 11.2 Å². The van der Waals surface area contributed by atoms with E-state index >= 15 is 0 Å². The van der Waals surface area contributed by atoms with Crippen molar-refractivity contribution in [2.75, 3.05) is 26.7 Å². The summed E-state index contributed by atoms with van der Waals surface area (Å²) in [6.45, 7) is 7.42. The van der Waals surface area contributed by atoms with E-state index in [-0.39, 0.29) is 0 Å². The summed E-state index contributed by atoms with van der Waals surface area (Å²) in [5.41, 5.74) is 0.358. The molecule has 9 heteroatoms. The Hall–Kier alpha value is -2.84. The second-order valence-corrected chi connectivity index (χ2v) is 7.00. The average Bonchev–Trinajstić information content (AvgIpc) is 3.01. The monoisotopic (exact) mass is 375 g/mol. The van der Waals surface area contributed by atoms with Gasteiger partial charge in [-0.3, -0.25) is 9.39 Å². The molecule has 2 aromatic rings. The molecule has 0 aromatic carbocycles. The lowest BCUT2D eigenvalue weighted by Crippen LogP contribution is -2.40. The van der Waals surface area contributed by atoms with E-state index < -0.39 is 11.7 Å². The van der Waals surface area contributed by atoms with Gasteiger partial charge in [0, 0.05) is 39.3 Å². The number of hydrogen-bond donors (Lipinski definition) is 3. The lowest BCUT2D eigenvalue weighted by atomic mass is 10.2. The summed E-state index contributed by atoms with van der Waals surface area (Å²) in [5.74, 6) is 1.61. The minimum Gasteiger partial charge on any atom is -0.444 e. The molecule has 0 spiro atoms. The van der Waals surface area contributed by atoms with E-state index in [0.717, 1.165) is 24.3 Å². The van der Waals surface area contributed by atoms with Crippen LogP contribution in [0.15, 0.2) is 29.4 Å². The first-order valence-electron chi connectivity index (χ1n) is 9.09. The third kappa shape index (κ3) is 7.12. The normalized spacial score (nSPS) is 12.1. The molecule has 27 heavy (non-hydrogen) atoms. The number of ether oxygens (including phenoxy) is 1. The highest BCUT2D eigenvalue weighted by Crippen LogP contribution is 2.06. The second-order valence-electron chi connectivity index (χ2n) is 7.00. The van der Waals surface area contributed by atoms with Crippen LogP contribution in [0.5, 0.6) is 0 Å². The van der Waals surface area contributed by atoms with Gasteiger partial charge in [0.2, 0.25) is 0 Å². The molecule has 0 bridgehead atoms. The molecule has 2 aromatic heterocycles. The highest BCUT2D eigenvalue weighted by molar-refractivity contribution is 5.79. The predicted molar refractivity (Wildman–Crippen MR) is 105 cm³/mol. The number of amides is 1. The SMILES string of the molecule is CN=C(NCCCNC(=O)OC(C)(C)C)NCCc1nnc2ccccn12. The second kappa shape index (κ2) is 9.75. The summed E-state index contributed by atoms with van der Waals surface area (Å²) < 4.78 is 7.16. The summed E-state index contributed by atoms with van der Waals surface area (Å²) in [4.78, 5) is 15.7. The summed E-state index contributed by atoms with van der Waals surface area (Å²) in [6.07, 6.45) is 3.04. The minimum atomic E-state index is -0.482. The van der Waals surface area contributed by atoms with Crippen molar-refractivity contribution in [1.82, 2.24) is 30.5 Å². The standard InChI is InChI=1S/C18H29N7O2/c1-18(2,3)27-17(26)22-11-7-10-20-16(19-4)21-12-9-15-24-23-14-8-5-6-13-25(14)15/h5-6,8,13H,7,9-12H2,1-4H3,(H,22,26)(H2,19,20,21). The number of hydrogen-bond acceptors (Lipinski definition) is 5. The number of rotatable bonds is 7. The lowest BCUT2D eigenvalue weighted by Gasteiger charge is -2.19. The zero-order chi connectivity index (χ0) is 19.7. The lowest BCUT2D eigenvalue weighted by molar-refractivity contribution is 0.0527. The molecule has 0 aliphatic heterocycles. The van der Waals surface area contributed by atoms with Gasteiger partial charge in [0.1, 0.15) is 11.4 Å². The van der Waals surface area contributed by atoms with Crippen LogP contribution >= 0.6 is 0 Å². The summed E-state index contributed by atoms with van der Waals surface area (Å²) in [6, 6.07) is 5.82. The Bertz CT molecular complexity index is 764. The van der Waals surface area contributed by atoms with Gasteiger partial charge in [-0.25, -0.2) is 4.79 Å². The minimum absolute atomic E-state index is 0.398. The molecule has 0 fully saturated rings. The van der Waals surface area contributed by atoms with E-state index in [9.17, 15) is 4.79 Å². The fourth-order valence-electron chi connectivity index (χ4n) is 2.37. The maximum atomic E-state index is 11.6. The first-order chi connectivity index (χ1) is 12.9. The number of guanidine groups is 1. The van der Waals surface area contributed by atoms with Gasteiger partial charge in [-0.1, -0.05) is 6.07 Å². The third-order valence-electron chi connectivity index (χ3n) is 3.56. The predicted octanol–water partition coefficient (Wildman–Crippen LogP) is 1.35. The van der Waals surface area contributed by atoms with Crippen molar-refractivity contribution in [2.45, 2.75) is 39.2 Å². The zero-order valence-corrected chi connectivity index (χ0v) is 16.5. The van der Waals surface area contributed by atoms with Crippen LogP contribution in [0.25, 0.3) is 5.65 Å². The molecule has 0 radical (unpaired) electrons. The highest BCUT2D eigenvalue weighted by atomic mass is 16.6. The average molecular weight is 375 g/mol. The van der Waals surface area contributed by atoms with Crippen molar-refractivity contribution < 1.29 is 9.53 Å². The molecule has 0 unspecified atom stereocenters. The fourth-order valence-corrected chi connectivity index (χ4v) is 2.37. The number of aromatic nitrogens is 3. The van der Waals surface area contributed by atoms with Crippen LogP contribution in [0, 0.1) is 0 Å². The quantitative estimate of drug-likeness (QED) is 0.383. The van der Waals surface area contributed by atoms with E-state index in [1.807, 2.05) is 49.6 Å². The van der Waals surface area contributed by atoms with E-state index in [2.05, 4.69) is 31.1 Å². The van der Waals surface area contributed by atoms with E-state index in [1.54, 1.807) is 7.05 Å². The maximum absolute atomic E-state index is 11.6. The fraction of sp³-hybridized carbons (Fsp3) is 0.556. The number of nitrogens with one attached hydrogen (secondary N) is 3. The van der Waals surface area contributed by atoms with Crippen molar-refractivity contribution in [3.8, 4) is 0 Å². The first kappa shape index (κ1) is 20.5. The van der Waals surface area contributed by atoms with Crippen molar-refractivity contribution in [3.63, 3.8) is 0 Å². The molecule has 0 aliphatic rings. The molecule has 2 rings (SSSR count). The van der Waals surface area contributed by atoms with Crippen LogP contribution in [0.4, 0.5) is 4.79 Å². The van der Waals surface area contributed by atoms with Gasteiger partial charge in [0.15, 0.2) is 11.6 Å². The molecule has 0 saturated heterocycles. The molecule has 0 atom stereocenters. The smallest absolute Gasteiger partial charge is 0.407 e. The Balaban J connectivity index is 1.63. The highest BCUT2D eigenvalue weighted by Gasteiger charge is 2.15. The van der Waals surface area contributed by atoms with Crippen LogP contribution in [0.1, 0.15) is 33.0 Å². The van der Waals surface area contributed by atoms with Gasteiger partial charge in [0.05, 0.1) is 0 Å². The Morgan fingerprint density at radius 3 is 2.63 bits per heavy atom. The molecule has 0 saturated carbocycles. The number of pyridine rings is 1. The molecule has 1 amide bonds. The molecule has 0 aliphatic carbocycles. The van der Waals surface area contributed by atoms with Crippen molar-refractivity contribution in [1.29, 1.82) is 0 Å². The van der Waals surface area contributed by atoms with Crippen LogP contribution in [0.3, 0.4) is 0 Å². The van der Waals surface area contributed by atoms with Gasteiger partial charge in [-0.05, 0) is 39.3 Å². The van der Waals surface area contributed by atoms with Gasteiger partial charge in [0.25, 0.3) is 0 Å². The van der Waals surface area contributed by atoms with Crippen LogP contribution in [-0.4, -0.2) is 58.9 Å². The summed E-state index contributed by atoms with van der Waals surface area (Å²) in [7, 11) is 1.72. The number of nitrogens with zero attached hydrogens (tertiary/aromatic N) is 4. The van der Waals surface area contributed by atoms with Gasteiger partial charge in [-0.15, -0.1) is 10.2 Å².